The Balaban J connectivity index is 2.78. The van der Waals surface area contributed by atoms with E-state index in [1.807, 2.05) is 6.92 Å². The monoisotopic (exact) mass is 243 g/mol. The minimum atomic E-state index is -0.555. The summed E-state index contributed by atoms with van der Waals surface area (Å²) in [6.45, 7) is 7.32. The first-order valence-corrected chi connectivity index (χ1v) is 5.85. The lowest BCUT2D eigenvalue weighted by molar-refractivity contribution is -0.146. The fourth-order valence-electron chi connectivity index (χ4n) is 1.97. The Morgan fingerprint density at radius 1 is 1.24 bits per heavy atom. The molecule has 0 radical (unpaired) electrons. The van der Waals surface area contributed by atoms with Crippen LogP contribution >= 0.6 is 0 Å². The topological polar surface area (TPSA) is 55.8 Å². The van der Waals surface area contributed by atoms with Crippen LogP contribution in [-0.4, -0.2) is 41.8 Å². The zero-order chi connectivity index (χ0) is 13.2. The molecular formula is C12H21NO4. The number of nitrogens with zero attached hydrogens (tertiary/aromatic N) is 1. The highest BCUT2D eigenvalue weighted by atomic mass is 16.6. The lowest BCUT2D eigenvalue weighted by Gasteiger charge is -2.30. The van der Waals surface area contributed by atoms with Gasteiger partial charge in [0.25, 0.3) is 0 Å². The van der Waals surface area contributed by atoms with Gasteiger partial charge in [-0.05, 0) is 40.5 Å². The summed E-state index contributed by atoms with van der Waals surface area (Å²) in [7, 11) is 1.33. The largest absolute Gasteiger partial charge is 0.467 e. The molecule has 1 rings (SSSR count). The van der Waals surface area contributed by atoms with Crippen molar-refractivity contribution < 1.29 is 19.1 Å². The van der Waals surface area contributed by atoms with Crippen LogP contribution in [0, 0.1) is 0 Å². The number of carbonyl (C=O) groups excluding carboxylic acids is 2. The van der Waals surface area contributed by atoms with Gasteiger partial charge in [0, 0.05) is 6.04 Å². The molecule has 98 valence electrons. The normalized spacial score (nSPS) is 24.6. The van der Waals surface area contributed by atoms with Crippen LogP contribution < -0.4 is 0 Å². The molecule has 1 aliphatic heterocycles. The summed E-state index contributed by atoms with van der Waals surface area (Å²) in [4.78, 5) is 25.0. The average Bonchev–Trinajstić information content (AvgIpc) is 2.56. The lowest BCUT2D eigenvalue weighted by atomic mass is 10.2. The minimum absolute atomic E-state index is 0.00829. The van der Waals surface area contributed by atoms with Crippen molar-refractivity contribution in [3.05, 3.63) is 0 Å². The first kappa shape index (κ1) is 13.8. The maximum atomic E-state index is 12.0. The SMILES string of the molecule is COC(=O)[C@@H]1CC[C@H](C)N1C(=O)OC(C)(C)C. The second-order valence-electron chi connectivity index (χ2n) is 5.35. The summed E-state index contributed by atoms with van der Waals surface area (Å²) in [5.41, 5.74) is -0.555. The average molecular weight is 243 g/mol. The molecule has 0 aromatic carbocycles. The van der Waals surface area contributed by atoms with Crippen LogP contribution in [0.3, 0.4) is 0 Å². The number of rotatable bonds is 1. The summed E-state index contributed by atoms with van der Waals surface area (Å²) < 4.78 is 10.0. The Hall–Kier alpha value is -1.26. The highest BCUT2D eigenvalue weighted by molar-refractivity contribution is 5.82. The number of methoxy groups -OCH3 is 1. The number of likely N-dealkylation sites (tertiary alicyclic amines) is 1. The molecule has 2 atom stereocenters. The highest BCUT2D eigenvalue weighted by Gasteiger charge is 2.41. The van der Waals surface area contributed by atoms with Crippen molar-refractivity contribution in [1.82, 2.24) is 4.90 Å². The van der Waals surface area contributed by atoms with Gasteiger partial charge in [-0.1, -0.05) is 0 Å². The Bertz CT molecular complexity index is 308. The Labute approximate surface area is 102 Å². The standard InChI is InChI=1S/C12H21NO4/c1-8-6-7-9(10(14)16-5)13(8)11(15)17-12(2,3)4/h8-9H,6-7H2,1-5H3/t8-,9-/m0/s1. The number of carbonyl (C=O) groups is 2. The second-order valence-corrected chi connectivity index (χ2v) is 5.35. The molecule has 0 saturated carbocycles. The first-order chi connectivity index (χ1) is 7.76. The summed E-state index contributed by atoms with van der Waals surface area (Å²) in [6, 6.07) is -0.501. The fourth-order valence-corrected chi connectivity index (χ4v) is 1.97. The third-order valence-electron chi connectivity index (χ3n) is 2.75. The number of hydrogen-bond donors (Lipinski definition) is 0. The molecule has 1 saturated heterocycles. The van der Waals surface area contributed by atoms with E-state index >= 15 is 0 Å². The van der Waals surface area contributed by atoms with Crippen LogP contribution in [0.15, 0.2) is 0 Å². The zero-order valence-electron chi connectivity index (χ0n) is 11.1. The molecule has 1 heterocycles. The zero-order valence-corrected chi connectivity index (χ0v) is 11.1. The Morgan fingerprint density at radius 2 is 1.82 bits per heavy atom. The van der Waals surface area contributed by atoms with Crippen LogP contribution in [-0.2, 0) is 14.3 Å². The molecule has 5 nitrogen and oxygen atoms in total. The van der Waals surface area contributed by atoms with E-state index in [0.29, 0.717) is 6.42 Å². The molecule has 0 bridgehead atoms. The quantitative estimate of drug-likeness (QED) is 0.660. The number of hydrogen-bond acceptors (Lipinski definition) is 4. The van der Waals surface area contributed by atoms with E-state index in [-0.39, 0.29) is 12.0 Å². The van der Waals surface area contributed by atoms with Crippen LogP contribution in [0.1, 0.15) is 40.5 Å². The van der Waals surface area contributed by atoms with Crippen LogP contribution in [0.4, 0.5) is 4.79 Å². The molecule has 17 heavy (non-hydrogen) atoms. The minimum Gasteiger partial charge on any atom is -0.467 e. The predicted molar refractivity (Wildman–Crippen MR) is 62.6 cm³/mol. The van der Waals surface area contributed by atoms with E-state index in [4.69, 9.17) is 9.47 Å². The van der Waals surface area contributed by atoms with E-state index in [0.717, 1.165) is 6.42 Å². The molecule has 1 aliphatic rings. The molecule has 0 aromatic heterocycles. The Morgan fingerprint density at radius 3 is 2.29 bits per heavy atom. The molecular weight excluding hydrogens is 222 g/mol. The smallest absolute Gasteiger partial charge is 0.411 e. The molecule has 0 N–H and O–H groups in total. The van der Waals surface area contributed by atoms with Crippen molar-refractivity contribution in [2.45, 2.75) is 58.2 Å². The molecule has 0 spiro atoms. The van der Waals surface area contributed by atoms with Gasteiger partial charge in [-0.2, -0.15) is 0 Å². The first-order valence-electron chi connectivity index (χ1n) is 5.85. The van der Waals surface area contributed by atoms with Crippen LogP contribution in [0.25, 0.3) is 0 Å². The number of amides is 1. The lowest BCUT2D eigenvalue weighted by Crippen LogP contribution is -2.46. The van der Waals surface area contributed by atoms with Gasteiger partial charge < -0.3 is 9.47 Å². The van der Waals surface area contributed by atoms with Gasteiger partial charge in [-0.25, -0.2) is 9.59 Å². The fraction of sp³-hybridized carbons (Fsp3) is 0.833. The van der Waals surface area contributed by atoms with Gasteiger partial charge in [0.2, 0.25) is 0 Å². The van der Waals surface area contributed by atoms with Crippen molar-refractivity contribution in [2.24, 2.45) is 0 Å². The van der Waals surface area contributed by atoms with E-state index in [1.165, 1.54) is 12.0 Å². The summed E-state index contributed by atoms with van der Waals surface area (Å²) in [5.74, 6) is -0.375. The predicted octanol–water partition coefficient (Wildman–Crippen LogP) is 1.95. The van der Waals surface area contributed by atoms with E-state index in [2.05, 4.69) is 0 Å². The van der Waals surface area contributed by atoms with Crippen LogP contribution in [0.2, 0.25) is 0 Å². The van der Waals surface area contributed by atoms with E-state index in [1.54, 1.807) is 20.8 Å². The highest BCUT2D eigenvalue weighted by Crippen LogP contribution is 2.26. The Kier molecular flexibility index (Phi) is 4.01. The maximum Gasteiger partial charge on any atom is 0.411 e. The van der Waals surface area contributed by atoms with Crippen molar-refractivity contribution in [3.63, 3.8) is 0 Å². The van der Waals surface area contributed by atoms with Crippen LogP contribution in [0.5, 0.6) is 0 Å². The second kappa shape index (κ2) is 4.94. The third-order valence-corrected chi connectivity index (χ3v) is 2.75. The molecule has 5 heteroatoms. The van der Waals surface area contributed by atoms with Gasteiger partial charge in [0.1, 0.15) is 11.6 Å². The van der Waals surface area contributed by atoms with E-state index < -0.39 is 17.7 Å². The number of esters is 1. The molecule has 1 amide bonds. The molecule has 0 aromatic rings. The van der Waals surface area contributed by atoms with Gasteiger partial charge in [-0.15, -0.1) is 0 Å². The number of ether oxygens (including phenoxy) is 2. The van der Waals surface area contributed by atoms with Crippen molar-refractivity contribution in [1.29, 1.82) is 0 Å². The van der Waals surface area contributed by atoms with Gasteiger partial charge in [0.05, 0.1) is 7.11 Å². The third kappa shape index (κ3) is 3.35. The van der Waals surface area contributed by atoms with Gasteiger partial charge in [-0.3, -0.25) is 4.90 Å². The van der Waals surface area contributed by atoms with Gasteiger partial charge in [0.15, 0.2) is 0 Å². The molecule has 1 fully saturated rings. The molecule has 0 unspecified atom stereocenters. The summed E-state index contributed by atoms with van der Waals surface area (Å²) >= 11 is 0. The summed E-state index contributed by atoms with van der Waals surface area (Å²) in [6.07, 6.45) is 0.976. The molecule has 0 aliphatic carbocycles. The van der Waals surface area contributed by atoms with Crippen molar-refractivity contribution in [3.8, 4) is 0 Å². The maximum absolute atomic E-state index is 12.0. The van der Waals surface area contributed by atoms with Crippen molar-refractivity contribution in [2.75, 3.05) is 7.11 Å². The van der Waals surface area contributed by atoms with Crippen molar-refractivity contribution >= 4 is 12.1 Å². The van der Waals surface area contributed by atoms with E-state index in [9.17, 15) is 9.59 Å². The van der Waals surface area contributed by atoms with Gasteiger partial charge >= 0.3 is 12.1 Å². The summed E-state index contributed by atoms with van der Waals surface area (Å²) in [5, 5.41) is 0.